The lowest BCUT2D eigenvalue weighted by Crippen LogP contribution is -2.14. The molecule has 0 atom stereocenters. The third-order valence-corrected chi connectivity index (χ3v) is 3.30. The van der Waals surface area contributed by atoms with E-state index in [1.54, 1.807) is 13.3 Å². The van der Waals surface area contributed by atoms with Crippen molar-refractivity contribution in [3.63, 3.8) is 0 Å². The molecule has 0 aliphatic carbocycles. The highest BCUT2D eigenvalue weighted by molar-refractivity contribution is 9.10. The van der Waals surface area contributed by atoms with Gasteiger partial charge in [0.15, 0.2) is 0 Å². The second-order valence-electron chi connectivity index (χ2n) is 4.17. The molecule has 2 rings (SSSR count). The molecule has 0 radical (unpaired) electrons. The quantitative estimate of drug-likeness (QED) is 0.919. The molecule has 5 heteroatoms. The van der Waals surface area contributed by atoms with Crippen molar-refractivity contribution in [2.75, 3.05) is 7.11 Å². The molecule has 1 N–H and O–H groups in total. The average Bonchev–Trinajstić information content (AvgIpc) is 2.39. The summed E-state index contributed by atoms with van der Waals surface area (Å²) in [4.78, 5) is 8.42. The number of nitrogens with zero attached hydrogens (tertiary/aromatic N) is 2. The lowest BCUT2D eigenvalue weighted by Gasteiger charge is -2.08. The molecule has 1 aromatic heterocycles. The zero-order valence-electron chi connectivity index (χ0n) is 11.0. The third kappa shape index (κ3) is 4.01. The van der Waals surface area contributed by atoms with Gasteiger partial charge in [0.05, 0.1) is 17.3 Å². The molecule has 100 valence electrons. The number of halogens is 1. The predicted molar refractivity (Wildman–Crippen MR) is 78.0 cm³/mol. The molecule has 19 heavy (non-hydrogen) atoms. The lowest BCUT2D eigenvalue weighted by atomic mass is 10.2. The van der Waals surface area contributed by atoms with Crippen LogP contribution < -0.4 is 10.1 Å². The van der Waals surface area contributed by atoms with Gasteiger partial charge in [-0.15, -0.1) is 0 Å². The molecular weight excluding hydrogens is 306 g/mol. The Kier molecular flexibility index (Phi) is 4.87. The Labute approximate surface area is 121 Å². The van der Waals surface area contributed by atoms with Crippen LogP contribution in [0.1, 0.15) is 17.1 Å². The van der Waals surface area contributed by atoms with E-state index >= 15 is 0 Å². The molecule has 1 heterocycles. The first kappa shape index (κ1) is 14.0. The highest BCUT2D eigenvalue weighted by atomic mass is 79.9. The summed E-state index contributed by atoms with van der Waals surface area (Å²) >= 11 is 3.48. The molecule has 1 aromatic carbocycles. The lowest BCUT2D eigenvalue weighted by molar-refractivity contribution is 0.412. The van der Waals surface area contributed by atoms with Crippen LogP contribution in [-0.4, -0.2) is 17.1 Å². The number of benzene rings is 1. The van der Waals surface area contributed by atoms with Crippen LogP contribution in [0.4, 0.5) is 0 Å². The van der Waals surface area contributed by atoms with Gasteiger partial charge in [-0.05, 0) is 46.6 Å². The maximum absolute atomic E-state index is 5.20. The predicted octanol–water partition coefficient (Wildman–Crippen LogP) is 2.85. The Bertz CT molecular complexity index is 560. The fourth-order valence-corrected chi connectivity index (χ4v) is 2.35. The molecule has 0 aliphatic rings. The minimum Gasteiger partial charge on any atom is -0.496 e. The second-order valence-corrected chi connectivity index (χ2v) is 5.02. The summed E-state index contributed by atoms with van der Waals surface area (Å²) in [5, 5.41) is 3.36. The van der Waals surface area contributed by atoms with Gasteiger partial charge in [0, 0.05) is 19.3 Å². The summed E-state index contributed by atoms with van der Waals surface area (Å²) in [5.74, 6) is 1.64. The first-order valence-corrected chi connectivity index (χ1v) is 6.80. The van der Waals surface area contributed by atoms with Crippen LogP contribution in [0.15, 0.2) is 34.9 Å². The first-order chi connectivity index (χ1) is 9.19. The number of aromatic nitrogens is 2. The molecule has 4 nitrogen and oxygen atoms in total. The minimum atomic E-state index is 0.729. The normalized spacial score (nSPS) is 10.5. The smallest absolute Gasteiger partial charge is 0.133 e. The molecular formula is C14H16BrN3O. The van der Waals surface area contributed by atoms with Crippen LogP contribution in [-0.2, 0) is 13.1 Å². The molecule has 0 spiro atoms. The maximum Gasteiger partial charge on any atom is 0.133 e. The molecule has 0 saturated heterocycles. The van der Waals surface area contributed by atoms with E-state index in [0.29, 0.717) is 0 Å². The number of hydrogen-bond donors (Lipinski definition) is 1. The first-order valence-electron chi connectivity index (χ1n) is 6.00. The molecule has 2 aromatic rings. The van der Waals surface area contributed by atoms with E-state index in [-0.39, 0.29) is 0 Å². The van der Waals surface area contributed by atoms with Crippen molar-refractivity contribution in [1.82, 2.24) is 15.3 Å². The van der Waals surface area contributed by atoms with Gasteiger partial charge < -0.3 is 10.1 Å². The zero-order chi connectivity index (χ0) is 13.7. The summed E-state index contributed by atoms with van der Waals surface area (Å²) in [6.07, 6.45) is 1.78. The maximum atomic E-state index is 5.20. The van der Waals surface area contributed by atoms with Crippen molar-refractivity contribution >= 4 is 15.9 Å². The van der Waals surface area contributed by atoms with Crippen LogP contribution >= 0.6 is 15.9 Å². The van der Waals surface area contributed by atoms with Crippen LogP contribution in [0.25, 0.3) is 0 Å². The van der Waals surface area contributed by atoms with Crippen LogP contribution in [0.3, 0.4) is 0 Å². The summed E-state index contributed by atoms with van der Waals surface area (Å²) < 4.78 is 6.17. The van der Waals surface area contributed by atoms with Crippen LogP contribution in [0.5, 0.6) is 5.75 Å². The Balaban J connectivity index is 1.90. The Morgan fingerprint density at radius 2 is 2.11 bits per heavy atom. The fourth-order valence-electron chi connectivity index (χ4n) is 1.76. The number of methoxy groups -OCH3 is 1. The third-order valence-electron chi connectivity index (χ3n) is 2.69. The number of nitrogens with one attached hydrogen (secondary N) is 1. The van der Waals surface area contributed by atoms with Crippen molar-refractivity contribution in [2.24, 2.45) is 0 Å². The SMILES string of the molecule is COc1ccc(CNCc2ccnc(C)n2)cc1Br. The standard InChI is InChI=1S/C14H16BrN3O/c1-10-17-6-5-12(18-10)9-16-8-11-3-4-14(19-2)13(15)7-11/h3-7,16H,8-9H2,1-2H3. The van der Waals surface area contributed by atoms with Gasteiger partial charge >= 0.3 is 0 Å². The van der Waals surface area contributed by atoms with Gasteiger partial charge in [0.25, 0.3) is 0 Å². The van der Waals surface area contributed by atoms with Gasteiger partial charge in [-0.3, -0.25) is 0 Å². The average molecular weight is 322 g/mol. The van der Waals surface area contributed by atoms with Crippen molar-refractivity contribution in [2.45, 2.75) is 20.0 Å². The number of rotatable bonds is 5. The van der Waals surface area contributed by atoms with E-state index < -0.39 is 0 Å². The molecule has 0 unspecified atom stereocenters. The van der Waals surface area contributed by atoms with E-state index in [9.17, 15) is 0 Å². The van der Waals surface area contributed by atoms with Gasteiger partial charge in [-0.1, -0.05) is 6.07 Å². The highest BCUT2D eigenvalue weighted by Crippen LogP contribution is 2.25. The number of hydrogen-bond acceptors (Lipinski definition) is 4. The number of ether oxygens (including phenoxy) is 1. The van der Waals surface area contributed by atoms with Gasteiger partial charge in [0.1, 0.15) is 11.6 Å². The Morgan fingerprint density at radius 1 is 1.26 bits per heavy atom. The Morgan fingerprint density at radius 3 is 2.79 bits per heavy atom. The number of aryl methyl sites for hydroxylation is 1. The summed E-state index contributed by atoms with van der Waals surface area (Å²) in [7, 11) is 1.66. The molecule has 0 fully saturated rings. The molecule has 0 bridgehead atoms. The molecule has 0 aliphatic heterocycles. The fraction of sp³-hybridized carbons (Fsp3) is 0.286. The summed E-state index contributed by atoms with van der Waals surface area (Å²) in [6, 6.07) is 7.97. The largest absolute Gasteiger partial charge is 0.496 e. The Hall–Kier alpha value is -1.46. The van der Waals surface area contributed by atoms with Gasteiger partial charge in [0.2, 0.25) is 0 Å². The van der Waals surface area contributed by atoms with E-state index in [0.717, 1.165) is 34.8 Å². The zero-order valence-corrected chi connectivity index (χ0v) is 12.6. The van der Waals surface area contributed by atoms with Gasteiger partial charge in [-0.2, -0.15) is 0 Å². The second kappa shape index (κ2) is 6.63. The van der Waals surface area contributed by atoms with Crippen molar-refractivity contribution in [3.05, 3.63) is 52.0 Å². The van der Waals surface area contributed by atoms with Crippen LogP contribution in [0.2, 0.25) is 0 Å². The van der Waals surface area contributed by atoms with Crippen molar-refractivity contribution < 1.29 is 4.74 Å². The van der Waals surface area contributed by atoms with E-state index in [1.807, 2.05) is 25.1 Å². The molecule has 0 amide bonds. The van der Waals surface area contributed by atoms with E-state index in [4.69, 9.17) is 4.74 Å². The van der Waals surface area contributed by atoms with Gasteiger partial charge in [-0.25, -0.2) is 9.97 Å². The van der Waals surface area contributed by atoms with Crippen molar-refractivity contribution in [1.29, 1.82) is 0 Å². The van der Waals surface area contributed by atoms with E-state index in [2.05, 4.69) is 37.3 Å². The summed E-state index contributed by atoms with van der Waals surface area (Å²) in [6.45, 7) is 3.41. The molecule has 0 saturated carbocycles. The van der Waals surface area contributed by atoms with E-state index in [1.165, 1.54) is 5.56 Å². The van der Waals surface area contributed by atoms with Crippen LogP contribution in [0, 0.1) is 6.92 Å². The summed E-state index contributed by atoms with van der Waals surface area (Å²) in [5.41, 5.74) is 2.19. The topological polar surface area (TPSA) is 47.0 Å². The highest BCUT2D eigenvalue weighted by Gasteiger charge is 2.01. The minimum absolute atomic E-state index is 0.729. The monoisotopic (exact) mass is 321 g/mol. The van der Waals surface area contributed by atoms with Crippen molar-refractivity contribution in [3.8, 4) is 5.75 Å².